The number of aromatic nitrogens is 2. The van der Waals surface area contributed by atoms with Crippen molar-refractivity contribution in [1.82, 2.24) is 10.2 Å². The average Bonchev–Trinajstić information content (AvgIpc) is 3.06. The number of nitrogens with one attached hydrogen (secondary N) is 1. The number of hydrogen-bond acceptors (Lipinski definition) is 3. The van der Waals surface area contributed by atoms with Gasteiger partial charge in [0.05, 0.1) is 0 Å². The van der Waals surface area contributed by atoms with Crippen LogP contribution in [0.2, 0.25) is 0 Å². The molecular formula is C20H17F3N2O2. The zero-order chi connectivity index (χ0) is 19.6. The topological polar surface area (TPSA) is 58.1 Å². The van der Waals surface area contributed by atoms with E-state index in [0.717, 1.165) is 5.57 Å². The van der Waals surface area contributed by atoms with Crippen molar-refractivity contribution >= 4 is 0 Å². The first-order valence-corrected chi connectivity index (χ1v) is 8.09. The van der Waals surface area contributed by atoms with E-state index in [0.29, 0.717) is 11.3 Å². The highest BCUT2D eigenvalue weighted by molar-refractivity contribution is 5.85. The Morgan fingerprint density at radius 1 is 1.19 bits per heavy atom. The maximum atomic E-state index is 13.4. The molecule has 0 aliphatic heterocycles. The molecule has 2 aromatic carbocycles. The minimum absolute atomic E-state index is 0.0116. The van der Waals surface area contributed by atoms with Gasteiger partial charge in [0, 0.05) is 17.2 Å². The van der Waals surface area contributed by atoms with Gasteiger partial charge in [0.25, 0.3) is 0 Å². The third-order valence-electron chi connectivity index (χ3n) is 3.82. The number of halogens is 3. The van der Waals surface area contributed by atoms with Gasteiger partial charge in [-0.1, -0.05) is 36.9 Å². The van der Waals surface area contributed by atoms with E-state index in [9.17, 15) is 18.3 Å². The Morgan fingerprint density at radius 3 is 2.48 bits per heavy atom. The fourth-order valence-electron chi connectivity index (χ4n) is 2.64. The van der Waals surface area contributed by atoms with Crippen LogP contribution in [0.15, 0.2) is 60.7 Å². The Labute approximate surface area is 153 Å². The van der Waals surface area contributed by atoms with E-state index in [4.69, 9.17) is 4.74 Å². The van der Waals surface area contributed by atoms with Crippen molar-refractivity contribution in [2.45, 2.75) is 13.1 Å². The van der Waals surface area contributed by atoms with Crippen molar-refractivity contribution in [2.75, 3.05) is 6.61 Å². The lowest BCUT2D eigenvalue weighted by Gasteiger charge is -2.11. The average molecular weight is 374 g/mol. The Balaban J connectivity index is 2.10. The standard InChI is InChI=1S/C20H17F3N2O2/c1-12(2)11-27-14-8-9-15(16(26)10-14)18-17(13-6-4-3-5-7-13)19(25-24-18)20(21,22)23/h3-10,26H,1,11H2,2H3,(H,24,25). The van der Waals surface area contributed by atoms with E-state index in [1.807, 2.05) is 0 Å². The summed E-state index contributed by atoms with van der Waals surface area (Å²) in [6, 6.07) is 12.5. The number of phenols is 1. The van der Waals surface area contributed by atoms with Crippen molar-refractivity contribution in [3.63, 3.8) is 0 Å². The summed E-state index contributed by atoms with van der Waals surface area (Å²) in [6.07, 6.45) is -4.61. The smallest absolute Gasteiger partial charge is 0.433 e. The summed E-state index contributed by atoms with van der Waals surface area (Å²) >= 11 is 0. The first-order valence-electron chi connectivity index (χ1n) is 8.09. The van der Waals surface area contributed by atoms with Crippen molar-refractivity contribution < 1.29 is 23.0 Å². The molecule has 0 saturated heterocycles. The summed E-state index contributed by atoms with van der Waals surface area (Å²) in [4.78, 5) is 0. The summed E-state index contributed by atoms with van der Waals surface area (Å²) < 4.78 is 45.8. The van der Waals surface area contributed by atoms with Gasteiger partial charge in [0.15, 0.2) is 0 Å². The van der Waals surface area contributed by atoms with Crippen LogP contribution in [0.1, 0.15) is 12.6 Å². The van der Waals surface area contributed by atoms with Gasteiger partial charge in [-0.15, -0.1) is 0 Å². The number of hydrogen-bond donors (Lipinski definition) is 2. The van der Waals surface area contributed by atoms with Crippen LogP contribution in [0.4, 0.5) is 13.2 Å². The van der Waals surface area contributed by atoms with Crippen molar-refractivity contribution in [3.8, 4) is 33.9 Å². The molecule has 0 spiro atoms. The summed E-state index contributed by atoms with van der Waals surface area (Å²) in [7, 11) is 0. The molecule has 0 fully saturated rings. The zero-order valence-corrected chi connectivity index (χ0v) is 14.5. The van der Waals surface area contributed by atoms with E-state index < -0.39 is 11.9 Å². The molecule has 0 unspecified atom stereocenters. The number of ether oxygens (including phenoxy) is 1. The molecule has 0 atom stereocenters. The van der Waals surface area contributed by atoms with Crippen LogP contribution in [0.25, 0.3) is 22.4 Å². The van der Waals surface area contributed by atoms with Gasteiger partial charge in [0.1, 0.15) is 29.5 Å². The Bertz CT molecular complexity index is 963. The van der Waals surface area contributed by atoms with Gasteiger partial charge >= 0.3 is 6.18 Å². The number of aromatic amines is 1. The number of aromatic hydroxyl groups is 1. The van der Waals surface area contributed by atoms with E-state index in [2.05, 4.69) is 16.8 Å². The minimum atomic E-state index is -4.61. The van der Waals surface area contributed by atoms with Gasteiger partial charge < -0.3 is 9.84 Å². The molecule has 4 nitrogen and oxygen atoms in total. The SMILES string of the molecule is C=C(C)COc1ccc(-c2n[nH]c(C(F)(F)F)c2-c2ccccc2)c(O)c1. The molecule has 0 amide bonds. The Kier molecular flexibility index (Phi) is 4.94. The molecule has 1 aromatic heterocycles. The van der Waals surface area contributed by atoms with E-state index in [-0.39, 0.29) is 29.2 Å². The second kappa shape index (κ2) is 7.19. The number of nitrogens with zero attached hydrogens (tertiary/aromatic N) is 1. The number of H-pyrrole nitrogens is 1. The molecule has 27 heavy (non-hydrogen) atoms. The van der Waals surface area contributed by atoms with Gasteiger partial charge in [-0.05, 0) is 30.2 Å². The second-order valence-corrected chi connectivity index (χ2v) is 6.11. The molecule has 0 aliphatic rings. The monoisotopic (exact) mass is 374 g/mol. The lowest BCUT2D eigenvalue weighted by molar-refractivity contribution is -0.140. The fraction of sp³-hybridized carbons (Fsp3) is 0.150. The van der Waals surface area contributed by atoms with Gasteiger partial charge in [-0.3, -0.25) is 5.10 Å². The molecule has 0 radical (unpaired) electrons. The fourth-order valence-corrected chi connectivity index (χ4v) is 2.64. The molecule has 0 aliphatic carbocycles. The quantitative estimate of drug-likeness (QED) is 0.586. The van der Waals surface area contributed by atoms with Crippen LogP contribution in [0.5, 0.6) is 11.5 Å². The van der Waals surface area contributed by atoms with E-state index >= 15 is 0 Å². The third-order valence-corrected chi connectivity index (χ3v) is 3.82. The number of alkyl halides is 3. The van der Waals surface area contributed by atoms with E-state index in [1.54, 1.807) is 43.3 Å². The maximum absolute atomic E-state index is 13.4. The highest BCUT2D eigenvalue weighted by Gasteiger charge is 2.38. The van der Waals surface area contributed by atoms with Crippen LogP contribution < -0.4 is 4.74 Å². The molecule has 0 bridgehead atoms. The summed E-state index contributed by atoms with van der Waals surface area (Å²) in [5, 5.41) is 16.3. The van der Waals surface area contributed by atoms with Crippen molar-refractivity contribution in [1.29, 1.82) is 0 Å². The highest BCUT2D eigenvalue weighted by atomic mass is 19.4. The van der Waals surface area contributed by atoms with Crippen molar-refractivity contribution in [2.24, 2.45) is 0 Å². The molecule has 3 aromatic rings. The molecular weight excluding hydrogens is 357 g/mol. The summed E-state index contributed by atoms with van der Waals surface area (Å²) in [5.74, 6) is 0.152. The largest absolute Gasteiger partial charge is 0.507 e. The van der Waals surface area contributed by atoms with Gasteiger partial charge in [0.2, 0.25) is 0 Å². The van der Waals surface area contributed by atoms with Crippen LogP contribution >= 0.6 is 0 Å². The third kappa shape index (κ3) is 3.97. The molecule has 3 rings (SSSR count). The lowest BCUT2D eigenvalue weighted by atomic mass is 9.98. The molecule has 140 valence electrons. The first kappa shape index (κ1) is 18.6. The predicted molar refractivity (Wildman–Crippen MR) is 96.4 cm³/mol. The summed E-state index contributed by atoms with van der Waals surface area (Å²) in [5.41, 5.74) is 0.239. The number of benzene rings is 2. The lowest BCUT2D eigenvalue weighted by Crippen LogP contribution is -2.07. The summed E-state index contributed by atoms with van der Waals surface area (Å²) in [6.45, 7) is 5.79. The van der Waals surface area contributed by atoms with Crippen LogP contribution in [0, 0.1) is 0 Å². The van der Waals surface area contributed by atoms with Crippen LogP contribution in [-0.2, 0) is 6.18 Å². The molecule has 1 heterocycles. The predicted octanol–water partition coefficient (Wildman–Crippen LogP) is 5.42. The van der Waals surface area contributed by atoms with Crippen LogP contribution in [0.3, 0.4) is 0 Å². The van der Waals surface area contributed by atoms with Crippen molar-refractivity contribution in [3.05, 3.63) is 66.4 Å². The van der Waals surface area contributed by atoms with Gasteiger partial charge in [-0.2, -0.15) is 18.3 Å². The molecule has 7 heteroatoms. The molecule has 2 N–H and O–H groups in total. The second-order valence-electron chi connectivity index (χ2n) is 6.11. The molecule has 0 saturated carbocycles. The van der Waals surface area contributed by atoms with Crippen LogP contribution in [-0.4, -0.2) is 21.9 Å². The Hall–Kier alpha value is -3.22. The number of phenolic OH excluding ortho intramolecular Hbond substituents is 1. The van der Waals surface area contributed by atoms with Gasteiger partial charge in [-0.25, -0.2) is 0 Å². The normalized spacial score (nSPS) is 11.4. The van der Waals surface area contributed by atoms with E-state index in [1.165, 1.54) is 12.1 Å². The number of rotatable bonds is 5. The maximum Gasteiger partial charge on any atom is 0.433 e. The highest BCUT2D eigenvalue weighted by Crippen LogP contribution is 2.43. The Morgan fingerprint density at radius 2 is 1.89 bits per heavy atom. The minimum Gasteiger partial charge on any atom is -0.507 e. The first-order chi connectivity index (χ1) is 12.8. The zero-order valence-electron chi connectivity index (χ0n) is 14.5.